The topological polar surface area (TPSA) is 33.5 Å². The predicted molar refractivity (Wildman–Crippen MR) is 107 cm³/mol. The van der Waals surface area contributed by atoms with Crippen LogP contribution in [0.25, 0.3) is 10.8 Å². The molecule has 26 heavy (non-hydrogen) atoms. The largest absolute Gasteiger partial charge is 0.331 e. The van der Waals surface area contributed by atoms with E-state index in [1.54, 1.807) is 4.90 Å². The lowest BCUT2D eigenvalue weighted by atomic mass is 10.1. The molecule has 1 fully saturated rings. The Morgan fingerprint density at radius 1 is 0.846 bits per heavy atom. The SMILES string of the molecule is O=C(Nc1ccc(C[NH+]2CCCCC2)cc1)c1ccc2ccccc2c1. The lowest BCUT2D eigenvalue weighted by molar-refractivity contribution is -0.918. The summed E-state index contributed by atoms with van der Waals surface area (Å²) in [5.41, 5.74) is 2.87. The van der Waals surface area contributed by atoms with Gasteiger partial charge >= 0.3 is 0 Å². The fourth-order valence-corrected chi connectivity index (χ4v) is 3.76. The first-order chi connectivity index (χ1) is 12.8. The van der Waals surface area contributed by atoms with Crippen LogP contribution in [0.4, 0.5) is 5.69 Å². The Morgan fingerprint density at radius 2 is 1.58 bits per heavy atom. The fourth-order valence-electron chi connectivity index (χ4n) is 3.76. The van der Waals surface area contributed by atoms with Crippen LogP contribution in [-0.4, -0.2) is 19.0 Å². The number of nitrogens with one attached hydrogen (secondary N) is 2. The molecule has 0 atom stereocenters. The highest BCUT2D eigenvalue weighted by molar-refractivity contribution is 6.06. The van der Waals surface area contributed by atoms with Crippen LogP contribution in [0.2, 0.25) is 0 Å². The maximum Gasteiger partial charge on any atom is 0.255 e. The first-order valence-corrected chi connectivity index (χ1v) is 9.51. The Hall–Kier alpha value is -2.65. The molecule has 4 rings (SSSR count). The van der Waals surface area contributed by atoms with E-state index in [1.807, 2.05) is 48.5 Å². The Bertz CT molecular complexity index is 895. The van der Waals surface area contributed by atoms with E-state index in [-0.39, 0.29) is 5.91 Å². The van der Waals surface area contributed by atoms with Crippen molar-refractivity contribution in [3.63, 3.8) is 0 Å². The van der Waals surface area contributed by atoms with Gasteiger partial charge in [0.1, 0.15) is 6.54 Å². The highest BCUT2D eigenvalue weighted by Gasteiger charge is 2.14. The van der Waals surface area contributed by atoms with E-state index in [9.17, 15) is 4.79 Å². The van der Waals surface area contributed by atoms with Gasteiger partial charge < -0.3 is 10.2 Å². The van der Waals surface area contributed by atoms with Crippen LogP contribution in [0, 0.1) is 0 Å². The van der Waals surface area contributed by atoms with Crippen LogP contribution in [0.3, 0.4) is 0 Å². The number of quaternary nitrogens is 1. The molecule has 3 aromatic carbocycles. The number of hydrogen-bond acceptors (Lipinski definition) is 1. The van der Waals surface area contributed by atoms with Gasteiger partial charge in [0.25, 0.3) is 5.91 Å². The number of rotatable bonds is 4. The van der Waals surface area contributed by atoms with E-state index in [1.165, 1.54) is 37.9 Å². The molecule has 0 aromatic heterocycles. The standard InChI is InChI=1S/C23H24N2O/c26-23(21-11-10-19-6-2-3-7-20(19)16-21)24-22-12-8-18(9-13-22)17-25-14-4-1-5-15-25/h2-3,6-13,16H,1,4-5,14-15,17H2,(H,24,26)/p+1. The first kappa shape index (κ1) is 16.8. The molecular weight excluding hydrogens is 320 g/mol. The van der Waals surface area contributed by atoms with E-state index < -0.39 is 0 Å². The number of fused-ring (bicyclic) bond motifs is 1. The van der Waals surface area contributed by atoms with Crippen molar-refractivity contribution in [2.75, 3.05) is 18.4 Å². The number of carbonyl (C=O) groups is 1. The van der Waals surface area contributed by atoms with Gasteiger partial charge in [-0.25, -0.2) is 0 Å². The van der Waals surface area contributed by atoms with Crippen molar-refractivity contribution in [3.8, 4) is 0 Å². The molecule has 1 saturated heterocycles. The summed E-state index contributed by atoms with van der Waals surface area (Å²) in [5.74, 6) is -0.0647. The molecule has 132 valence electrons. The number of anilines is 1. The molecule has 2 N–H and O–H groups in total. The minimum atomic E-state index is -0.0647. The minimum Gasteiger partial charge on any atom is -0.331 e. The molecule has 1 heterocycles. The number of likely N-dealkylation sites (tertiary alicyclic amines) is 1. The van der Waals surface area contributed by atoms with Crippen LogP contribution in [0.15, 0.2) is 66.7 Å². The lowest BCUT2D eigenvalue weighted by Gasteiger charge is -2.23. The van der Waals surface area contributed by atoms with Gasteiger partial charge in [0, 0.05) is 16.8 Å². The van der Waals surface area contributed by atoms with Gasteiger partial charge in [0.2, 0.25) is 0 Å². The highest BCUT2D eigenvalue weighted by atomic mass is 16.1. The van der Waals surface area contributed by atoms with Crippen molar-refractivity contribution >= 4 is 22.4 Å². The molecule has 1 amide bonds. The molecule has 0 spiro atoms. The van der Waals surface area contributed by atoms with Gasteiger partial charge in [0.05, 0.1) is 13.1 Å². The predicted octanol–water partition coefficient (Wildman–Crippen LogP) is 3.66. The van der Waals surface area contributed by atoms with Crippen LogP contribution < -0.4 is 10.2 Å². The zero-order valence-corrected chi connectivity index (χ0v) is 15.0. The van der Waals surface area contributed by atoms with Crippen molar-refractivity contribution in [1.82, 2.24) is 0 Å². The molecule has 1 aliphatic rings. The maximum absolute atomic E-state index is 12.5. The van der Waals surface area contributed by atoms with Crippen molar-refractivity contribution in [1.29, 1.82) is 0 Å². The van der Waals surface area contributed by atoms with Gasteiger partial charge in [-0.15, -0.1) is 0 Å². The Labute approximate surface area is 154 Å². The maximum atomic E-state index is 12.5. The Kier molecular flexibility index (Phi) is 4.98. The van der Waals surface area contributed by atoms with Crippen LogP contribution in [-0.2, 0) is 6.54 Å². The van der Waals surface area contributed by atoms with E-state index in [4.69, 9.17) is 0 Å². The zero-order valence-electron chi connectivity index (χ0n) is 15.0. The molecule has 0 aliphatic carbocycles. The van der Waals surface area contributed by atoms with Crippen molar-refractivity contribution < 1.29 is 9.69 Å². The second-order valence-corrected chi connectivity index (χ2v) is 7.20. The van der Waals surface area contributed by atoms with E-state index >= 15 is 0 Å². The molecule has 0 unspecified atom stereocenters. The van der Waals surface area contributed by atoms with Crippen molar-refractivity contribution in [2.45, 2.75) is 25.8 Å². The van der Waals surface area contributed by atoms with Gasteiger partial charge in [-0.2, -0.15) is 0 Å². The molecule has 3 heteroatoms. The van der Waals surface area contributed by atoms with E-state index in [2.05, 4.69) is 23.5 Å². The Morgan fingerprint density at radius 3 is 2.35 bits per heavy atom. The highest BCUT2D eigenvalue weighted by Crippen LogP contribution is 2.17. The van der Waals surface area contributed by atoms with Crippen LogP contribution >= 0.6 is 0 Å². The summed E-state index contributed by atoms with van der Waals surface area (Å²) in [6.45, 7) is 3.64. The first-order valence-electron chi connectivity index (χ1n) is 9.51. The summed E-state index contributed by atoms with van der Waals surface area (Å²) >= 11 is 0. The molecular formula is C23H25N2O+. The van der Waals surface area contributed by atoms with Gasteiger partial charge in [-0.1, -0.05) is 42.5 Å². The number of carbonyl (C=O) groups excluding carboxylic acids is 1. The van der Waals surface area contributed by atoms with Gasteiger partial charge in [-0.3, -0.25) is 4.79 Å². The molecule has 0 saturated carbocycles. The number of benzene rings is 3. The smallest absolute Gasteiger partial charge is 0.255 e. The summed E-state index contributed by atoms with van der Waals surface area (Å²) in [5, 5.41) is 5.24. The van der Waals surface area contributed by atoms with Gasteiger partial charge in [-0.05, 0) is 54.3 Å². The third kappa shape index (κ3) is 3.94. The second kappa shape index (κ2) is 7.71. The minimum absolute atomic E-state index is 0.0647. The van der Waals surface area contributed by atoms with Crippen LogP contribution in [0.5, 0.6) is 0 Å². The average Bonchev–Trinajstić information content (AvgIpc) is 2.70. The van der Waals surface area contributed by atoms with Crippen molar-refractivity contribution in [3.05, 3.63) is 77.9 Å². The zero-order chi connectivity index (χ0) is 17.8. The quantitative estimate of drug-likeness (QED) is 0.743. The molecule has 3 nitrogen and oxygen atoms in total. The Balaban J connectivity index is 1.41. The number of piperidine rings is 1. The summed E-state index contributed by atoms with van der Waals surface area (Å²) < 4.78 is 0. The second-order valence-electron chi connectivity index (χ2n) is 7.20. The monoisotopic (exact) mass is 345 g/mol. The summed E-state index contributed by atoms with van der Waals surface area (Å²) in [6.07, 6.45) is 4.06. The number of hydrogen-bond donors (Lipinski definition) is 2. The van der Waals surface area contributed by atoms with E-state index in [0.717, 1.165) is 23.0 Å². The van der Waals surface area contributed by atoms with Crippen molar-refractivity contribution in [2.24, 2.45) is 0 Å². The van der Waals surface area contributed by atoms with Gasteiger partial charge in [0.15, 0.2) is 0 Å². The fraction of sp³-hybridized carbons (Fsp3) is 0.261. The normalized spacial score (nSPS) is 15.1. The average molecular weight is 345 g/mol. The lowest BCUT2D eigenvalue weighted by Crippen LogP contribution is -3.11. The molecule has 1 aliphatic heterocycles. The summed E-state index contributed by atoms with van der Waals surface area (Å²) in [7, 11) is 0. The molecule has 0 radical (unpaired) electrons. The third-order valence-electron chi connectivity index (χ3n) is 5.24. The third-order valence-corrected chi connectivity index (χ3v) is 5.24. The number of amides is 1. The van der Waals surface area contributed by atoms with Crippen LogP contribution in [0.1, 0.15) is 35.2 Å². The summed E-state index contributed by atoms with van der Waals surface area (Å²) in [4.78, 5) is 14.2. The molecule has 3 aromatic rings. The van der Waals surface area contributed by atoms with E-state index in [0.29, 0.717) is 5.56 Å². The summed E-state index contributed by atoms with van der Waals surface area (Å²) in [6, 6.07) is 22.2. The molecule has 0 bridgehead atoms.